The number of H-pyrrole nitrogens is 1. The number of nitrogens with zero attached hydrogens (tertiary/aromatic N) is 2. The number of carbonyl (C=O) groups is 1. The van der Waals surface area contributed by atoms with E-state index in [0.29, 0.717) is 17.0 Å². The predicted octanol–water partition coefficient (Wildman–Crippen LogP) is 1.38. The monoisotopic (exact) mass is 300 g/mol. The third-order valence-corrected chi connectivity index (χ3v) is 3.60. The highest BCUT2D eigenvalue weighted by atomic mass is 16.5. The van der Waals surface area contributed by atoms with E-state index in [-0.39, 0.29) is 11.7 Å². The molecule has 3 N–H and O–H groups in total. The number of aromatic nitrogens is 2. The molecule has 0 spiro atoms. The number of phenolic OH excluding ortho intramolecular Hbond substituents is 1. The molecule has 7 heteroatoms. The van der Waals surface area contributed by atoms with Crippen molar-refractivity contribution in [2.75, 3.05) is 7.11 Å². The first-order chi connectivity index (χ1) is 10.7. The van der Waals surface area contributed by atoms with Gasteiger partial charge in [0.2, 0.25) is 0 Å². The highest BCUT2D eigenvalue weighted by Crippen LogP contribution is 2.25. The molecule has 1 heterocycles. The number of rotatable bonds is 4. The van der Waals surface area contributed by atoms with Crippen LogP contribution in [0, 0.1) is 0 Å². The van der Waals surface area contributed by atoms with Crippen molar-refractivity contribution in [3.8, 4) is 11.5 Å². The van der Waals surface area contributed by atoms with Gasteiger partial charge in [-0.1, -0.05) is 0 Å². The number of fused-ring (bicyclic) bond motifs is 1. The Morgan fingerprint density at radius 2 is 2.36 bits per heavy atom. The zero-order valence-electron chi connectivity index (χ0n) is 12.1. The molecule has 2 aromatic rings. The number of amides is 1. The minimum Gasteiger partial charge on any atom is -0.504 e. The highest BCUT2D eigenvalue weighted by Gasteiger charge is 2.22. The van der Waals surface area contributed by atoms with Crippen LogP contribution in [0.15, 0.2) is 23.3 Å². The second-order valence-electron chi connectivity index (χ2n) is 5.01. The molecule has 0 aliphatic heterocycles. The molecule has 0 radical (unpaired) electrons. The van der Waals surface area contributed by atoms with E-state index in [9.17, 15) is 9.90 Å². The summed E-state index contributed by atoms with van der Waals surface area (Å²) in [4.78, 5) is 12.0. The van der Waals surface area contributed by atoms with Gasteiger partial charge in [-0.3, -0.25) is 9.89 Å². The van der Waals surface area contributed by atoms with Crippen LogP contribution in [0.3, 0.4) is 0 Å². The van der Waals surface area contributed by atoms with Gasteiger partial charge in [-0.15, -0.1) is 0 Å². The molecule has 0 saturated carbocycles. The van der Waals surface area contributed by atoms with E-state index >= 15 is 0 Å². The summed E-state index contributed by atoms with van der Waals surface area (Å²) < 4.78 is 4.96. The number of aryl methyl sites for hydroxylation is 1. The molecular formula is C15H16N4O3. The van der Waals surface area contributed by atoms with Crippen LogP contribution in [-0.2, 0) is 12.8 Å². The van der Waals surface area contributed by atoms with Crippen LogP contribution in [-0.4, -0.2) is 34.5 Å². The summed E-state index contributed by atoms with van der Waals surface area (Å²) in [5, 5.41) is 20.5. The molecule has 0 saturated heterocycles. The predicted molar refractivity (Wildman–Crippen MR) is 80.3 cm³/mol. The highest BCUT2D eigenvalue weighted by molar-refractivity contribution is 5.94. The fraction of sp³-hybridized carbons (Fsp3) is 0.267. The fourth-order valence-electron chi connectivity index (χ4n) is 2.51. The number of phenols is 1. The minimum atomic E-state index is -0.339. The Labute approximate surface area is 127 Å². The smallest absolute Gasteiger partial charge is 0.292 e. The van der Waals surface area contributed by atoms with Crippen LogP contribution in [0.25, 0.3) is 0 Å². The molecule has 1 aromatic carbocycles. The zero-order valence-corrected chi connectivity index (χ0v) is 12.1. The molecule has 7 nitrogen and oxygen atoms in total. The fourth-order valence-corrected chi connectivity index (χ4v) is 2.51. The van der Waals surface area contributed by atoms with Gasteiger partial charge >= 0.3 is 0 Å². The van der Waals surface area contributed by atoms with Crippen molar-refractivity contribution < 1.29 is 14.6 Å². The number of aromatic amines is 1. The van der Waals surface area contributed by atoms with Crippen LogP contribution in [0.4, 0.5) is 0 Å². The second-order valence-corrected chi connectivity index (χ2v) is 5.01. The maximum Gasteiger partial charge on any atom is 0.292 e. The summed E-state index contributed by atoms with van der Waals surface area (Å²) in [6.07, 6.45) is 4.29. The quantitative estimate of drug-likeness (QED) is 0.586. The van der Waals surface area contributed by atoms with E-state index in [2.05, 4.69) is 20.7 Å². The molecule has 0 bridgehead atoms. The molecule has 0 atom stereocenters. The maximum absolute atomic E-state index is 12.0. The van der Waals surface area contributed by atoms with Crippen LogP contribution in [0.2, 0.25) is 0 Å². The van der Waals surface area contributed by atoms with Crippen molar-refractivity contribution >= 4 is 12.1 Å². The summed E-state index contributed by atoms with van der Waals surface area (Å²) in [7, 11) is 1.48. The Hall–Kier alpha value is -2.83. The third kappa shape index (κ3) is 2.65. The number of methoxy groups -OCH3 is 1. The minimum absolute atomic E-state index is 0.0166. The molecule has 1 aliphatic rings. The molecule has 114 valence electrons. The van der Waals surface area contributed by atoms with Gasteiger partial charge in [0.25, 0.3) is 5.91 Å². The van der Waals surface area contributed by atoms with Gasteiger partial charge in [-0.2, -0.15) is 10.2 Å². The standard InChI is InChI=1S/C15H16N4O3/c1-22-13-6-5-9(7-12(13)20)8-16-19-15(21)14-10-3-2-4-11(10)17-18-14/h5-8,20H,2-4H2,1H3,(H,17,18)(H,19,21)/b16-8+. The average molecular weight is 300 g/mol. The van der Waals surface area contributed by atoms with E-state index in [1.807, 2.05) is 0 Å². The van der Waals surface area contributed by atoms with Crippen LogP contribution in [0.1, 0.15) is 33.7 Å². The van der Waals surface area contributed by atoms with Gasteiger partial charge in [0, 0.05) is 11.3 Å². The SMILES string of the molecule is COc1ccc(/C=N/NC(=O)c2n[nH]c3c2CCC3)cc1O. The lowest BCUT2D eigenvalue weighted by atomic mass is 10.2. The summed E-state index contributed by atoms with van der Waals surface area (Å²) >= 11 is 0. The van der Waals surface area contributed by atoms with E-state index < -0.39 is 0 Å². The molecule has 22 heavy (non-hydrogen) atoms. The second kappa shape index (κ2) is 5.88. The number of hydrazone groups is 1. The number of carbonyl (C=O) groups excluding carboxylic acids is 1. The van der Waals surface area contributed by atoms with E-state index in [1.165, 1.54) is 19.4 Å². The Morgan fingerprint density at radius 3 is 3.14 bits per heavy atom. The number of aromatic hydroxyl groups is 1. The summed E-state index contributed by atoms with van der Waals surface area (Å²) in [6, 6.07) is 4.85. The molecule has 0 fully saturated rings. The lowest BCUT2D eigenvalue weighted by Crippen LogP contribution is -2.19. The first-order valence-corrected chi connectivity index (χ1v) is 6.95. The summed E-state index contributed by atoms with van der Waals surface area (Å²) in [6.45, 7) is 0. The summed E-state index contributed by atoms with van der Waals surface area (Å²) in [5.74, 6) is 0.0598. The van der Waals surface area contributed by atoms with Crippen molar-refractivity contribution in [1.82, 2.24) is 15.6 Å². The van der Waals surface area contributed by atoms with E-state index in [0.717, 1.165) is 30.5 Å². The van der Waals surface area contributed by atoms with Crippen molar-refractivity contribution in [2.24, 2.45) is 5.10 Å². The number of nitrogens with one attached hydrogen (secondary N) is 2. The van der Waals surface area contributed by atoms with Gasteiger partial charge < -0.3 is 9.84 Å². The third-order valence-electron chi connectivity index (χ3n) is 3.60. The molecular weight excluding hydrogens is 284 g/mol. The molecule has 1 aliphatic carbocycles. The van der Waals surface area contributed by atoms with Crippen molar-refractivity contribution in [3.63, 3.8) is 0 Å². The topological polar surface area (TPSA) is 99.6 Å². The first kappa shape index (κ1) is 14.1. The number of benzene rings is 1. The molecule has 1 amide bonds. The van der Waals surface area contributed by atoms with Crippen molar-refractivity contribution in [3.05, 3.63) is 40.7 Å². The molecule has 1 aromatic heterocycles. The van der Waals surface area contributed by atoms with E-state index in [4.69, 9.17) is 4.74 Å². The lowest BCUT2D eigenvalue weighted by molar-refractivity contribution is 0.0949. The van der Waals surface area contributed by atoms with E-state index in [1.54, 1.807) is 12.1 Å². The van der Waals surface area contributed by atoms with Gasteiger partial charge in [0.05, 0.1) is 13.3 Å². The number of ether oxygens (including phenoxy) is 1. The maximum atomic E-state index is 12.0. The van der Waals surface area contributed by atoms with Crippen molar-refractivity contribution in [2.45, 2.75) is 19.3 Å². The Kier molecular flexibility index (Phi) is 3.78. The van der Waals surface area contributed by atoms with Gasteiger partial charge in [-0.25, -0.2) is 5.43 Å². The van der Waals surface area contributed by atoms with Gasteiger partial charge in [0.15, 0.2) is 17.2 Å². The molecule has 0 unspecified atom stereocenters. The van der Waals surface area contributed by atoms with Gasteiger partial charge in [-0.05, 0) is 43.0 Å². The van der Waals surface area contributed by atoms with Crippen LogP contribution in [0.5, 0.6) is 11.5 Å². The largest absolute Gasteiger partial charge is 0.504 e. The lowest BCUT2D eigenvalue weighted by Gasteiger charge is -2.03. The summed E-state index contributed by atoms with van der Waals surface area (Å²) in [5.41, 5.74) is 5.51. The average Bonchev–Trinajstić information content (AvgIpc) is 3.10. The van der Waals surface area contributed by atoms with Gasteiger partial charge in [0.1, 0.15) is 0 Å². The number of hydrogen-bond donors (Lipinski definition) is 3. The zero-order chi connectivity index (χ0) is 15.5. The van der Waals surface area contributed by atoms with Crippen molar-refractivity contribution in [1.29, 1.82) is 0 Å². The molecule has 3 rings (SSSR count). The Bertz CT molecular complexity index is 736. The number of hydrogen-bond acceptors (Lipinski definition) is 5. The van der Waals surface area contributed by atoms with Crippen LogP contribution >= 0.6 is 0 Å². The normalized spacial score (nSPS) is 13.3. The first-order valence-electron chi connectivity index (χ1n) is 6.95. The Morgan fingerprint density at radius 1 is 1.50 bits per heavy atom. The Balaban J connectivity index is 1.66. The van der Waals surface area contributed by atoms with Crippen LogP contribution < -0.4 is 10.2 Å².